The molecule has 0 atom stereocenters. The molecule has 0 fully saturated rings. The van der Waals surface area contributed by atoms with Crippen molar-refractivity contribution in [3.8, 4) is 0 Å². The average molecular weight is 124 g/mol. The quantitative estimate of drug-likeness (QED) is 0.472. The van der Waals surface area contributed by atoms with Crippen LogP contribution in [0, 0.1) is 0 Å². The van der Waals surface area contributed by atoms with E-state index >= 15 is 0 Å². The molecular weight excluding hydrogens is 115 g/mol. The van der Waals surface area contributed by atoms with Gasteiger partial charge in [0.25, 0.3) is 0 Å². The summed E-state index contributed by atoms with van der Waals surface area (Å²) in [5.74, 6) is 0. The second kappa shape index (κ2) is 2.01. The summed E-state index contributed by atoms with van der Waals surface area (Å²) < 4.78 is 4.88. The van der Waals surface area contributed by atoms with Gasteiger partial charge < -0.3 is 0 Å². The molecular formula is C4H9OV. The third-order valence-corrected chi connectivity index (χ3v) is 1.13. The van der Waals surface area contributed by atoms with Crippen molar-refractivity contribution in [3.63, 3.8) is 0 Å². The Morgan fingerprint density at radius 2 is 1.50 bits per heavy atom. The fraction of sp³-hybridized carbons (Fsp3) is 1.00. The van der Waals surface area contributed by atoms with Crippen molar-refractivity contribution >= 4 is 0 Å². The second-order valence-electron chi connectivity index (χ2n) is 2.20. The maximum absolute atomic E-state index is 4.88. The molecule has 0 aliphatic carbocycles. The van der Waals surface area contributed by atoms with Gasteiger partial charge in [-0.15, -0.1) is 0 Å². The van der Waals surface area contributed by atoms with Crippen LogP contribution in [0.4, 0.5) is 0 Å². The first-order chi connectivity index (χ1) is 2.56. The summed E-state index contributed by atoms with van der Waals surface area (Å²) in [7, 11) is 0. The zero-order valence-electron chi connectivity index (χ0n) is 4.36. The van der Waals surface area contributed by atoms with Gasteiger partial charge in [0, 0.05) is 0 Å². The fourth-order valence-corrected chi connectivity index (χ4v) is 0. The molecule has 0 saturated carbocycles. The Morgan fingerprint density at radius 1 is 1.33 bits per heavy atom. The maximum atomic E-state index is 4.88. The molecule has 36 valence electrons. The van der Waals surface area contributed by atoms with Gasteiger partial charge in [-0.3, -0.25) is 0 Å². The molecule has 0 aromatic rings. The molecule has 0 unspecified atom stereocenters. The van der Waals surface area contributed by atoms with Crippen LogP contribution in [0.5, 0.6) is 0 Å². The third kappa shape index (κ3) is 4.54. The fourth-order valence-electron chi connectivity index (χ4n) is 0. The van der Waals surface area contributed by atoms with E-state index in [1.807, 2.05) is 20.8 Å². The van der Waals surface area contributed by atoms with Crippen molar-refractivity contribution in [2.75, 3.05) is 0 Å². The third-order valence-electron chi connectivity index (χ3n) is 0.274. The van der Waals surface area contributed by atoms with Crippen LogP contribution in [-0.4, -0.2) is 5.60 Å². The van der Waals surface area contributed by atoms with Gasteiger partial charge in [0.05, 0.1) is 0 Å². The van der Waals surface area contributed by atoms with E-state index in [1.54, 1.807) is 0 Å². The number of hydrogen-bond donors (Lipinski definition) is 0. The predicted octanol–water partition coefficient (Wildman–Crippen LogP) is 1.26. The van der Waals surface area contributed by atoms with Crippen molar-refractivity contribution in [1.29, 1.82) is 0 Å². The number of hydrogen-bond acceptors (Lipinski definition) is 1. The van der Waals surface area contributed by atoms with E-state index < -0.39 is 0 Å². The van der Waals surface area contributed by atoms with E-state index in [1.165, 1.54) is 0 Å². The Labute approximate surface area is 48.4 Å². The first-order valence-electron chi connectivity index (χ1n) is 1.89. The molecule has 0 aromatic carbocycles. The molecule has 0 amide bonds. The second-order valence-corrected chi connectivity index (χ2v) is 2.49. The predicted molar refractivity (Wildman–Crippen MR) is 20.8 cm³/mol. The van der Waals surface area contributed by atoms with Crippen molar-refractivity contribution in [2.24, 2.45) is 0 Å². The Hall–Kier alpha value is 0.544. The Bertz CT molecular complexity index is 37.3. The molecule has 6 heavy (non-hydrogen) atoms. The summed E-state index contributed by atoms with van der Waals surface area (Å²) in [4.78, 5) is 0. The van der Waals surface area contributed by atoms with Crippen LogP contribution >= 0.6 is 0 Å². The minimum absolute atomic E-state index is 0.0139. The Morgan fingerprint density at radius 3 is 1.50 bits per heavy atom. The summed E-state index contributed by atoms with van der Waals surface area (Å²) in [5, 5.41) is 0. The Balaban J connectivity index is 3.17. The summed E-state index contributed by atoms with van der Waals surface area (Å²) in [6.45, 7) is 6.02. The van der Waals surface area contributed by atoms with Crippen molar-refractivity contribution in [2.45, 2.75) is 26.4 Å². The van der Waals surface area contributed by atoms with E-state index in [-0.39, 0.29) is 5.60 Å². The van der Waals surface area contributed by atoms with Crippen LogP contribution in [0.2, 0.25) is 0 Å². The topological polar surface area (TPSA) is 9.23 Å². The molecule has 2 heteroatoms. The van der Waals surface area contributed by atoms with E-state index in [0.29, 0.717) is 0 Å². The zero-order chi connectivity index (χ0) is 5.21. The zero-order valence-corrected chi connectivity index (χ0v) is 5.75. The standard InChI is InChI=1S/C4H9O.V/c1-4(2,3)5;/h1-3H3;/q-1;+1. The van der Waals surface area contributed by atoms with Gasteiger partial charge in [-0.2, -0.15) is 0 Å². The van der Waals surface area contributed by atoms with E-state index in [9.17, 15) is 0 Å². The SMILES string of the molecule is CC(C)(C)[O][V]. The molecule has 0 heterocycles. The summed E-state index contributed by atoms with van der Waals surface area (Å²) in [6, 6.07) is 0. The molecule has 0 saturated heterocycles. The van der Waals surface area contributed by atoms with E-state index in [2.05, 4.69) is 17.8 Å². The van der Waals surface area contributed by atoms with Gasteiger partial charge >= 0.3 is 47.8 Å². The van der Waals surface area contributed by atoms with Gasteiger partial charge in [0.15, 0.2) is 0 Å². The van der Waals surface area contributed by atoms with Crippen LogP contribution in [0.25, 0.3) is 0 Å². The summed E-state index contributed by atoms with van der Waals surface area (Å²) >= 11 is 2.10. The van der Waals surface area contributed by atoms with Crippen LogP contribution in [-0.2, 0) is 21.4 Å². The van der Waals surface area contributed by atoms with Gasteiger partial charge in [-0.25, -0.2) is 0 Å². The molecule has 0 aliphatic heterocycles. The molecule has 0 bridgehead atoms. The van der Waals surface area contributed by atoms with Gasteiger partial charge in [0.1, 0.15) is 0 Å². The Kier molecular flexibility index (Phi) is 2.19. The minimum atomic E-state index is 0.0139. The molecule has 0 aromatic heterocycles. The van der Waals surface area contributed by atoms with Crippen LogP contribution in [0.1, 0.15) is 20.8 Å². The van der Waals surface area contributed by atoms with Crippen LogP contribution < -0.4 is 0 Å². The first-order valence-corrected chi connectivity index (χ1v) is 2.46. The van der Waals surface area contributed by atoms with E-state index in [4.69, 9.17) is 3.66 Å². The van der Waals surface area contributed by atoms with Gasteiger partial charge in [-0.05, 0) is 0 Å². The van der Waals surface area contributed by atoms with Crippen molar-refractivity contribution in [3.05, 3.63) is 0 Å². The molecule has 0 N–H and O–H groups in total. The molecule has 0 rings (SSSR count). The number of rotatable bonds is 0. The monoisotopic (exact) mass is 124 g/mol. The molecule has 0 radical (unpaired) electrons. The van der Waals surface area contributed by atoms with Crippen molar-refractivity contribution < 1.29 is 21.4 Å². The van der Waals surface area contributed by atoms with E-state index in [0.717, 1.165) is 0 Å². The molecule has 1 nitrogen and oxygen atoms in total. The van der Waals surface area contributed by atoms with Gasteiger partial charge in [0.2, 0.25) is 0 Å². The molecule has 0 aliphatic rings. The van der Waals surface area contributed by atoms with Crippen molar-refractivity contribution in [1.82, 2.24) is 0 Å². The van der Waals surface area contributed by atoms with Crippen LogP contribution in [0.15, 0.2) is 0 Å². The summed E-state index contributed by atoms with van der Waals surface area (Å²) in [5.41, 5.74) is 0.0139. The summed E-state index contributed by atoms with van der Waals surface area (Å²) in [6.07, 6.45) is 0. The molecule has 0 spiro atoms. The first kappa shape index (κ1) is 6.54. The average Bonchev–Trinajstić information content (AvgIpc) is 1.35. The van der Waals surface area contributed by atoms with Crippen LogP contribution in [0.3, 0.4) is 0 Å². The normalized spacial score (nSPS) is 11.8. The van der Waals surface area contributed by atoms with Gasteiger partial charge in [-0.1, -0.05) is 0 Å².